The van der Waals surface area contributed by atoms with E-state index in [2.05, 4.69) is 54.1 Å². The third-order valence-electron chi connectivity index (χ3n) is 5.21. The minimum absolute atomic E-state index is 0. The molecule has 0 saturated heterocycles. The van der Waals surface area contributed by atoms with E-state index in [-0.39, 0.29) is 24.0 Å². The molecular formula is C20H38IN5. The Labute approximate surface area is 176 Å². The average molecular weight is 475 g/mol. The molecule has 1 saturated carbocycles. The number of guanidine groups is 1. The van der Waals surface area contributed by atoms with Crippen molar-refractivity contribution in [2.45, 2.75) is 72.8 Å². The number of hydrogen-bond donors (Lipinski definition) is 2. The summed E-state index contributed by atoms with van der Waals surface area (Å²) in [4.78, 5) is 9.17. The number of rotatable bonds is 10. The first kappa shape index (κ1) is 23.2. The lowest BCUT2D eigenvalue weighted by atomic mass is 9.64. The Bertz CT molecular complexity index is 534. The highest BCUT2D eigenvalue weighted by molar-refractivity contribution is 14.0. The van der Waals surface area contributed by atoms with Crippen molar-refractivity contribution in [3.63, 3.8) is 0 Å². The van der Waals surface area contributed by atoms with Crippen LogP contribution in [0, 0.1) is 18.3 Å². The Kier molecular flexibility index (Phi) is 10.6. The number of aliphatic imine (C=N–C) groups is 1. The number of imidazole rings is 1. The number of hydrogen-bond acceptors (Lipinski definition) is 2. The average Bonchev–Trinajstić information content (AvgIpc) is 2.94. The molecule has 0 unspecified atom stereocenters. The van der Waals surface area contributed by atoms with E-state index in [0.29, 0.717) is 5.41 Å². The van der Waals surface area contributed by atoms with Gasteiger partial charge in [-0.15, -0.1) is 24.0 Å². The minimum Gasteiger partial charge on any atom is -0.357 e. The molecule has 1 aromatic rings. The molecule has 26 heavy (non-hydrogen) atoms. The highest BCUT2D eigenvalue weighted by atomic mass is 127. The first-order chi connectivity index (χ1) is 12.0. The summed E-state index contributed by atoms with van der Waals surface area (Å²) in [5.41, 5.74) is 0.468. The molecule has 1 aromatic heterocycles. The smallest absolute Gasteiger partial charge is 0.191 e. The predicted octanol–water partition coefficient (Wildman–Crippen LogP) is 4.36. The van der Waals surface area contributed by atoms with Gasteiger partial charge in [-0.2, -0.15) is 0 Å². The van der Waals surface area contributed by atoms with Crippen molar-refractivity contribution in [2.24, 2.45) is 16.3 Å². The molecule has 2 N–H and O–H groups in total. The van der Waals surface area contributed by atoms with Crippen LogP contribution in [0.4, 0.5) is 0 Å². The molecule has 0 radical (unpaired) electrons. The van der Waals surface area contributed by atoms with Crippen LogP contribution in [0.15, 0.2) is 17.4 Å². The Balaban J connectivity index is 0.00000338. The number of nitrogens with zero attached hydrogens (tertiary/aromatic N) is 3. The van der Waals surface area contributed by atoms with E-state index in [9.17, 15) is 0 Å². The van der Waals surface area contributed by atoms with E-state index in [4.69, 9.17) is 4.99 Å². The van der Waals surface area contributed by atoms with Gasteiger partial charge in [0.1, 0.15) is 5.82 Å². The summed E-state index contributed by atoms with van der Waals surface area (Å²) >= 11 is 0. The van der Waals surface area contributed by atoms with Crippen molar-refractivity contribution in [1.82, 2.24) is 20.2 Å². The summed E-state index contributed by atoms with van der Waals surface area (Å²) in [5, 5.41) is 6.90. The Hall–Kier alpha value is -0.790. The van der Waals surface area contributed by atoms with Gasteiger partial charge in [-0.3, -0.25) is 4.99 Å². The van der Waals surface area contributed by atoms with Crippen molar-refractivity contribution in [1.29, 1.82) is 0 Å². The molecule has 0 aliphatic heterocycles. The summed E-state index contributed by atoms with van der Waals surface area (Å²) in [6, 6.07) is 0. The third kappa shape index (κ3) is 7.45. The summed E-state index contributed by atoms with van der Waals surface area (Å²) in [6.45, 7) is 12.7. The van der Waals surface area contributed by atoms with E-state index >= 15 is 0 Å². The molecule has 0 aromatic carbocycles. The molecule has 1 aliphatic carbocycles. The maximum absolute atomic E-state index is 4.90. The van der Waals surface area contributed by atoms with Crippen molar-refractivity contribution < 1.29 is 0 Å². The molecule has 0 bridgehead atoms. The summed E-state index contributed by atoms with van der Waals surface area (Å²) in [7, 11) is 0. The number of aryl methyl sites for hydroxylation is 2. The van der Waals surface area contributed by atoms with Crippen LogP contribution in [0.1, 0.15) is 65.1 Å². The fraction of sp³-hybridized carbons (Fsp3) is 0.800. The van der Waals surface area contributed by atoms with Gasteiger partial charge in [0.25, 0.3) is 0 Å². The topological polar surface area (TPSA) is 54.2 Å². The summed E-state index contributed by atoms with van der Waals surface area (Å²) < 4.78 is 2.21. The van der Waals surface area contributed by atoms with Crippen molar-refractivity contribution in [3.05, 3.63) is 18.2 Å². The van der Waals surface area contributed by atoms with Gasteiger partial charge in [-0.05, 0) is 57.3 Å². The van der Waals surface area contributed by atoms with E-state index in [1.165, 1.54) is 25.7 Å². The van der Waals surface area contributed by atoms with E-state index in [1.54, 1.807) is 0 Å². The number of nitrogens with one attached hydrogen (secondary N) is 2. The fourth-order valence-corrected chi connectivity index (χ4v) is 3.81. The summed E-state index contributed by atoms with van der Waals surface area (Å²) in [6.07, 6.45) is 11.6. The molecule has 150 valence electrons. The summed E-state index contributed by atoms with van der Waals surface area (Å²) in [5.74, 6) is 2.84. The zero-order chi connectivity index (χ0) is 18.1. The van der Waals surface area contributed by atoms with E-state index in [1.807, 2.05) is 6.20 Å². The Morgan fingerprint density at radius 3 is 2.62 bits per heavy atom. The van der Waals surface area contributed by atoms with Gasteiger partial charge in [0.05, 0.1) is 0 Å². The Morgan fingerprint density at radius 2 is 2.08 bits per heavy atom. The highest BCUT2D eigenvalue weighted by Gasteiger charge is 2.37. The van der Waals surface area contributed by atoms with Crippen LogP contribution < -0.4 is 10.6 Å². The lowest BCUT2D eigenvalue weighted by molar-refractivity contribution is 0.111. The van der Waals surface area contributed by atoms with Gasteiger partial charge in [-0.1, -0.05) is 20.3 Å². The minimum atomic E-state index is 0. The van der Waals surface area contributed by atoms with E-state index < -0.39 is 0 Å². The number of aromatic nitrogens is 2. The molecule has 0 amide bonds. The second kappa shape index (κ2) is 11.8. The van der Waals surface area contributed by atoms with Crippen LogP contribution >= 0.6 is 24.0 Å². The zero-order valence-electron chi connectivity index (χ0n) is 17.1. The van der Waals surface area contributed by atoms with Gasteiger partial charge in [0.15, 0.2) is 5.96 Å². The lowest BCUT2D eigenvalue weighted by Crippen LogP contribution is -2.40. The molecule has 5 nitrogen and oxygen atoms in total. The van der Waals surface area contributed by atoms with Crippen LogP contribution in [0.5, 0.6) is 0 Å². The van der Waals surface area contributed by atoms with Crippen molar-refractivity contribution >= 4 is 29.9 Å². The quantitative estimate of drug-likeness (QED) is 0.229. The van der Waals surface area contributed by atoms with Crippen LogP contribution in [0.2, 0.25) is 0 Å². The predicted molar refractivity (Wildman–Crippen MR) is 121 cm³/mol. The molecule has 0 atom stereocenters. The number of unbranched alkanes of at least 4 members (excludes halogenated alkanes) is 1. The molecule has 1 fully saturated rings. The first-order valence-corrected chi connectivity index (χ1v) is 10.0. The number of halogens is 1. The van der Waals surface area contributed by atoms with Gasteiger partial charge < -0.3 is 15.2 Å². The molecule has 6 heteroatoms. The third-order valence-corrected chi connectivity index (χ3v) is 5.21. The van der Waals surface area contributed by atoms with Crippen LogP contribution in [-0.2, 0) is 6.54 Å². The normalized spacial score (nSPS) is 16.1. The largest absolute Gasteiger partial charge is 0.357 e. The van der Waals surface area contributed by atoms with Crippen LogP contribution in [-0.4, -0.2) is 35.1 Å². The second-order valence-electron chi connectivity index (χ2n) is 7.95. The molecular weight excluding hydrogens is 437 g/mol. The van der Waals surface area contributed by atoms with Crippen LogP contribution in [0.25, 0.3) is 0 Å². The second-order valence-corrected chi connectivity index (χ2v) is 7.95. The van der Waals surface area contributed by atoms with Gasteiger partial charge in [-0.25, -0.2) is 4.98 Å². The van der Waals surface area contributed by atoms with Crippen LogP contribution in [0.3, 0.4) is 0 Å². The van der Waals surface area contributed by atoms with Crippen molar-refractivity contribution in [3.8, 4) is 0 Å². The monoisotopic (exact) mass is 475 g/mol. The van der Waals surface area contributed by atoms with Crippen molar-refractivity contribution in [2.75, 3.05) is 19.6 Å². The molecule has 2 rings (SSSR count). The maximum atomic E-state index is 4.90. The zero-order valence-corrected chi connectivity index (χ0v) is 19.4. The van der Waals surface area contributed by atoms with Gasteiger partial charge in [0.2, 0.25) is 0 Å². The fourth-order valence-electron chi connectivity index (χ4n) is 3.81. The highest BCUT2D eigenvalue weighted by Crippen LogP contribution is 2.46. The lowest BCUT2D eigenvalue weighted by Gasteiger charge is -2.42. The molecule has 1 heterocycles. The molecule has 1 aliphatic rings. The maximum Gasteiger partial charge on any atom is 0.191 e. The Morgan fingerprint density at radius 1 is 1.31 bits per heavy atom. The first-order valence-electron chi connectivity index (χ1n) is 10.0. The van der Waals surface area contributed by atoms with Gasteiger partial charge in [0, 0.05) is 38.6 Å². The van der Waals surface area contributed by atoms with Gasteiger partial charge >= 0.3 is 0 Å². The van der Waals surface area contributed by atoms with E-state index in [0.717, 1.165) is 56.7 Å². The SMILES string of the molecule is CCNC(=NCC1(CC(C)C)CCC1)NCCCCn1ccnc1C.I. The standard InChI is InChI=1S/C20H37N5.HI/c1-5-21-19(24-16-20(9-8-10-20)15-17(2)3)23-11-6-7-13-25-14-12-22-18(25)4;/h12,14,17H,5-11,13,15-16H2,1-4H3,(H2,21,23,24);1H. The molecule has 0 spiro atoms.